The van der Waals surface area contributed by atoms with E-state index in [2.05, 4.69) is 52.9 Å². The molecule has 1 aliphatic carbocycles. The number of hydrogen-bond acceptors (Lipinski definition) is 4. The highest BCUT2D eigenvalue weighted by atomic mass is 15.2. The number of nitrogens with one attached hydrogen (secondary N) is 2. The summed E-state index contributed by atoms with van der Waals surface area (Å²) in [5, 5.41) is 8.00. The van der Waals surface area contributed by atoms with E-state index in [9.17, 15) is 0 Å². The lowest BCUT2D eigenvalue weighted by molar-refractivity contribution is 0.875. The molecule has 1 aliphatic rings. The molecule has 0 bridgehead atoms. The van der Waals surface area contributed by atoms with Crippen molar-refractivity contribution in [2.75, 3.05) is 10.6 Å². The van der Waals surface area contributed by atoms with Gasteiger partial charge in [-0.2, -0.15) is 4.98 Å². The fraction of sp³-hybridized carbons (Fsp3) is 0.263. The van der Waals surface area contributed by atoms with Crippen LogP contribution in [-0.2, 0) is 0 Å². The maximum absolute atomic E-state index is 4.71. The standard InChI is InChI=1S/C19H20N4/c1-13(14-7-3-2-4-8-14)20-18-16-9-5-6-10-17(16)22-19(23-18)21-15-11-12-15/h2-10,13,15H,11-12H2,1H3,(H2,20,21,22,23)/t13-/m1/s1. The Balaban J connectivity index is 1.69. The Morgan fingerprint density at radius 1 is 0.957 bits per heavy atom. The van der Waals surface area contributed by atoms with Gasteiger partial charge in [-0.15, -0.1) is 0 Å². The maximum atomic E-state index is 4.71. The molecule has 0 amide bonds. The summed E-state index contributed by atoms with van der Waals surface area (Å²) in [6, 6.07) is 19.3. The lowest BCUT2D eigenvalue weighted by Gasteiger charge is -2.17. The monoisotopic (exact) mass is 304 g/mol. The van der Waals surface area contributed by atoms with E-state index in [1.54, 1.807) is 0 Å². The first-order valence-electron chi connectivity index (χ1n) is 8.14. The van der Waals surface area contributed by atoms with E-state index in [1.165, 1.54) is 18.4 Å². The Bertz CT molecular complexity index is 812. The van der Waals surface area contributed by atoms with Crippen molar-refractivity contribution in [1.29, 1.82) is 0 Å². The predicted molar refractivity (Wildman–Crippen MR) is 94.7 cm³/mol. The molecule has 2 aromatic carbocycles. The predicted octanol–water partition coefficient (Wildman–Crippen LogP) is 4.38. The summed E-state index contributed by atoms with van der Waals surface area (Å²) in [6.45, 7) is 2.15. The van der Waals surface area contributed by atoms with Crippen molar-refractivity contribution >= 4 is 22.7 Å². The third-order valence-electron chi connectivity index (χ3n) is 4.17. The second-order valence-corrected chi connectivity index (χ2v) is 6.11. The van der Waals surface area contributed by atoms with Crippen LogP contribution in [0.3, 0.4) is 0 Å². The van der Waals surface area contributed by atoms with E-state index in [0.29, 0.717) is 12.0 Å². The molecule has 3 aromatic rings. The fourth-order valence-corrected chi connectivity index (χ4v) is 2.69. The molecule has 2 N–H and O–H groups in total. The lowest BCUT2D eigenvalue weighted by atomic mass is 10.1. The number of aromatic nitrogens is 2. The third-order valence-corrected chi connectivity index (χ3v) is 4.17. The van der Waals surface area contributed by atoms with Gasteiger partial charge in [0.1, 0.15) is 5.82 Å². The largest absolute Gasteiger partial charge is 0.363 e. The molecule has 1 fully saturated rings. The molecule has 4 rings (SSSR count). The highest BCUT2D eigenvalue weighted by molar-refractivity contribution is 5.90. The van der Waals surface area contributed by atoms with Crippen LogP contribution in [0.4, 0.5) is 11.8 Å². The summed E-state index contributed by atoms with van der Waals surface area (Å²) < 4.78 is 0. The lowest BCUT2D eigenvalue weighted by Crippen LogP contribution is -2.11. The van der Waals surface area contributed by atoms with Gasteiger partial charge in [-0.25, -0.2) is 4.98 Å². The number of rotatable bonds is 5. The Labute approximate surface area is 136 Å². The molecule has 0 unspecified atom stereocenters. The van der Waals surface area contributed by atoms with Crippen LogP contribution in [0.2, 0.25) is 0 Å². The topological polar surface area (TPSA) is 49.8 Å². The van der Waals surface area contributed by atoms with Gasteiger partial charge in [-0.05, 0) is 37.5 Å². The van der Waals surface area contributed by atoms with Crippen molar-refractivity contribution in [2.24, 2.45) is 0 Å². The SMILES string of the molecule is C[C@@H](Nc1nc(NC2CC2)nc2ccccc12)c1ccccc1. The van der Waals surface area contributed by atoms with Crippen molar-refractivity contribution in [1.82, 2.24) is 9.97 Å². The Morgan fingerprint density at radius 3 is 2.48 bits per heavy atom. The molecule has 4 nitrogen and oxygen atoms in total. The van der Waals surface area contributed by atoms with Gasteiger partial charge in [0.15, 0.2) is 0 Å². The van der Waals surface area contributed by atoms with Crippen LogP contribution < -0.4 is 10.6 Å². The molecule has 0 radical (unpaired) electrons. The average Bonchev–Trinajstić information content (AvgIpc) is 3.39. The van der Waals surface area contributed by atoms with Crippen LogP contribution >= 0.6 is 0 Å². The highest BCUT2D eigenvalue weighted by Crippen LogP contribution is 2.28. The van der Waals surface area contributed by atoms with Crippen LogP contribution in [0.5, 0.6) is 0 Å². The molecule has 0 spiro atoms. The zero-order valence-corrected chi connectivity index (χ0v) is 13.2. The van der Waals surface area contributed by atoms with Crippen LogP contribution in [0, 0.1) is 0 Å². The third kappa shape index (κ3) is 3.11. The molecule has 0 saturated heterocycles. The van der Waals surface area contributed by atoms with Crippen LogP contribution in [-0.4, -0.2) is 16.0 Å². The van der Waals surface area contributed by atoms with Gasteiger partial charge in [-0.3, -0.25) is 0 Å². The van der Waals surface area contributed by atoms with Crippen molar-refractivity contribution in [3.63, 3.8) is 0 Å². The summed E-state index contributed by atoms with van der Waals surface area (Å²) >= 11 is 0. The van der Waals surface area contributed by atoms with Crippen LogP contribution in [0.1, 0.15) is 31.4 Å². The molecule has 23 heavy (non-hydrogen) atoms. The summed E-state index contributed by atoms with van der Waals surface area (Å²) in [5.41, 5.74) is 2.21. The fourth-order valence-electron chi connectivity index (χ4n) is 2.69. The highest BCUT2D eigenvalue weighted by Gasteiger charge is 2.22. The van der Waals surface area contributed by atoms with Gasteiger partial charge in [0.05, 0.1) is 5.52 Å². The van der Waals surface area contributed by atoms with Crippen LogP contribution in [0.25, 0.3) is 10.9 Å². The average molecular weight is 304 g/mol. The van der Waals surface area contributed by atoms with Gasteiger partial charge in [0, 0.05) is 17.5 Å². The van der Waals surface area contributed by atoms with Crippen molar-refractivity contribution < 1.29 is 0 Å². The summed E-state index contributed by atoms with van der Waals surface area (Å²) in [4.78, 5) is 9.35. The molecular formula is C19H20N4. The van der Waals surface area contributed by atoms with Crippen molar-refractivity contribution in [3.05, 3.63) is 60.2 Å². The number of para-hydroxylation sites is 1. The van der Waals surface area contributed by atoms with Gasteiger partial charge in [-0.1, -0.05) is 42.5 Å². The van der Waals surface area contributed by atoms with Crippen molar-refractivity contribution in [2.45, 2.75) is 31.8 Å². The van der Waals surface area contributed by atoms with Crippen molar-refractivity contribution in [3.8, 4) is 0 Å². The van der Waals surface area contributed by atoms with E-state index in [1.807, 2.05) is 24.3 Å². The zero-order valence-electron chi connectivity index (χ0n) is 13.2. The second-order valence-electron chi connectivity index (χ2n) is 6.11. The van der Waals surface area contributed by atoms with Crippen LogP contribution in [0.15, 0.2) is 54.6 Å². The quantitative estimate of drug-likeness (QED) is 0.734. The summed E-state index contributed by atoms with van der Waals surface area (Å²) in [5.74, 6) is 1.60. The van der Waals surface area contributed by atoms with Gasteiger partial charge in [0.25, 0.3) is 0 Å². The smallest absolute Gasteiger partial charge is 0.225 e. The van der Waals surface area contributed by atoms with E-state index in [0.717, 1.165) is 16.7 Å². The maximum Gasteiger partial charge on any atom is 0.225 e. The van der Waals surface area contributed by atoms with E-state index < -0.39 is 0 Å². The van der Waals surface area contributed by atoms with E-state index >= 15 is 0 Å². The number of anilines is 2. The van der Waals surface area contributed by atoms with Gasteiger partial charge in [0.2, 0.25) is 5.95 Å². The minimum Gasteiger partial charge on any atom is -0.363 e. The first-order chi connectivity index (χ1) is 11.3. The first-order valence-corrected chi connectivity index (χ1v) is 8.14. The van der Waals surface area contributed by atoms with E-state index in [4.69, 9.17) is 4.98 Å². The van der Waals surface area contributed by atoms with Gasteiger partial charge >= 0.3 is 0 Å². The summed E-state index contributed by atoms with van der Waals surface area (Å²) in [6.07, 6.45) is 2.42. The summed E-state index contributed by atoms with van der Waals surface area (Å²) in [7, 11) is 0. The molecule has 4 heteroatoms. The van der Waals surface area contributed by atoms with E-state index in [-0.39, 0.29) is 6.04 Å². The normalized spacial score (nSPS) is 15.3. The molecule has 0 aliphatic heterocycles. The molecule has 116 valence electrons. The Kier molecular flexibility index (Phi) is 3.58. The number of benzene rings is 2. The first kappa shape index (κ1) is 14.0. The zero-order chi connectivity index (χ0) is 15.6. The molecule has 1 atom stereocenters. The molecular weight excluding hydrogens is 284 g/mol. The van der Waals surface area contributed by atoms with Gasteiger partial charge < -0.3 is 10.6 Å². The molecule has 1 heterocycles. The Hall–Kier alpha value is -2.62. The molecule has 1 aromatic heterocycles. The minimum absolute atomic E-state index is 0.184. The molecule has 1 saturated carbocycles. The minimum atomic E-state index is 0.184. The number of nitrogens with zero attached hydrogens (tertiary/aromatic N) is 2. The number of hydrogen-bond donors (Lipinski definition) is 2. The number of fused-ring (bicyclic) bond motifs is 1. The second kappa shape index (κ2) is 5.88. The Morgan fingerprint density at radius 2 is 1.70 bits per heavy atom.